The third-order valence-electron chi connectivity index (χ3n) is 4.68. The Hall–Kier alpha value is -1.60. The van der Waals surface area contributed by atoms with Crippen molar-refractivity contribution in [1.82, 2.24) is 9.62 Å². The molecular formula is C17H24N2O4S. The molecule has 0 aromatic heterocycles. The van der Waals surface area contributed by atoms with E-state index in [2.05, 4.69) is 11.6 Å². The number of ether oxygens (including phenoxy) is 1. The molecule has 1 aliphatic heterocycles. The number of methoxy groups -OCH3 is 1. The molecule has 6 nitrogen and oxygen atoms in total. The van der Waals surface area contributed by atoms with Crippen LogP contribution in [-0.4, -0.2) is 45.5 Å². The number of likely N-dealkylation sites (tertiary alicyclic amines) is 1. The molecule has 0 bridgehead atoms. The van der Waals surface area contributed by atoms with Crippen LogP contribution >= 0.6 is 0 Å². The van der Waals surface area contributed by atoms with Gasteiger partial charge in [-0.2, -0.15) is 0 Å². The second kappa shape index (κ2) is 6.72. The summed E-state index contributed by atoms with van der Waals surface area (Å²) < 4.78 is 32.7. The van der Waals surface area contributed by atoms with Crippen molar-refractivity contribution in [3.05, 3.63) is 23.8 Å². The lowest BCUT2D eigenvalue weighted by Crippen LogP contribution is -2.38. The van der Waals surface area contributed by atoms with E-state index in [-0.39, 0.29) is 16.8 Å². The average Bonchev–Trinajstić information content (AvgIpc) is 3.37. The summed E-state index contributed by atoms with van der Waals surface area (Å²) in [4.78, 5) is 14.7. The van der Waals surface area contributed by atoms with E-state index in [1.54, 1.807) is 11.0 Å². The highest BCUT2D eigenvalue weighted by molar-refractivity contribution is 7.89. The summed E-state index contributed by atoms with van der Waals surface area (Å²) in [6.07, 6.45) is 3.67. The minimum absolute atomic E-state index is 0.0276. The van der Waals surface area contributed by atoms with Crippen molar-refractivity contribution < 1.29 is 17.9 Å². The maximum absolute atomic E-state index is 12.8. The van der Waals surface area contributed by atoms with Crippen LogP contribution in [0.1, 0.15) is 43.0 Å². The van der Waals surface area contributed by atoms with Gasteiger partial charge in [-0.1, -0.05) is 6.92 Å². The SMILES string of the molecule is COc1ccc(S(=O)(=O)NC2CC2)cc1C(=O)N1CCC(C)CC1. The van der Waals surface area contributed by atoms with E-state index in [9.17, 15) is 13.2 Å². The van der Waals surface area contributed by atoms with Gasteiger partial charge in [-0.3, -0.25) is 4.79 Å². The van der Waals surface area contributed by atoms with E-state index < -0.39 is 10.0 Å². The zero-order chi connectivity index (χ0) is 17.3. The van der Waals surface area contributed by atoms with Gasteiger partial charge in [0.25, 0.3) is 5.91 Å². The highest BCUT2D eigenvalue weighted by atomic mass is 32.2. The fraction of sp³-hybridized carbons (Fsp3) is 0.588. The van der Waals surface area contributed by atoms with Crippen LogP contribution in [0.15, 0.2) is 23.1 Å². The standard InChI is InChI=1S/C17H24N2O4S/c1-12-7-9-19(10-8-12)17(20)15-11-14(5-6-16(15)23-2)24(21,22)18-13-3-4-13/h5-6,11-13,18H,3-4,7-10H2,1-2H3. The van der Waals surface area contributed by atoms with Crippen molar-refractivity contribution in [3.63, 3.8) is 0 Å². The number of nitrogens with zero attached hydrogens (tertiary/aromatic N) is 1. The second-order valence-electron chi connectivity index (χ2n) is 6.73. The maximum Gasteiger partial charge on any atom is 0.257 e. The number of amides is 1. The smallest absolute Gasteiger partial charge is 0.257 e. The van der Waals surface area contributed by atoms with Crippen LogP contribution < -0.4 is 9.46 Å². The Labute approximate surface area is 143 Å². The molecule has 1 aliphatic carbocycles. The zero-order valence-corrected chi connectivity index (χ0v) is 14.9. The van der Waals surface area contributed by atoms with Crippen molar-refractivity contribution in [3.8, 4) is 5.75 Å². The molecule has 24 heavy (non-hydrogen) atoms. The first kappa shape index (κ1) is 17.2. The van der Waals surface area contributed by atoms with Gasteiger partial charge in [0.15, 0.2) is 0 Å². The minimum Gasteiger partial charge on any atom is -0.496 e. The summed E-state index contributed by atoms with van der Waals surface area (Å²) in [7, 11) is -2.11. The molecule has 2 aliphatic rings. The number of benzene rings is 1. The van der Waals surface area contributed by atoms with Crippen molar-refractivity contribution in [2.24, 2.45) is 5.92 Å². The van der Waals surface area contributed by atoms with Crippen LogP contribution in [0.25, 0.3) is 0 Å². The van der Waals surface area contributed by atoms with E-state index in [0.29, 0.717) is 30.3 Å². The molecule has 7 heteroatoms. The van der Waals surface area contributed by atoms with Crippen molar-refractivity contribution >= 4 is 15.9 Å². The monoisotopic (exact) mass is 352 g/mol. The largest absolute Gasteiger partial charge is 0.496 e. The summed E-state index contributed by atoms with van der Waals surface area (Å²) >= 11 is 0. The van der Waals surface area contributed by atoms with Gasteiger partial charge < -0.3 is 9.64 Å². The fourth-order valence-corrected chi connectivity index (χ4v) is 4.22. The van der Waals surface area contributed by atoms with E-state index in [4.69, 9.17) is 4.74 Å². The molecule has 1 amide bonds. The lowest BCUT2D eigenvalue weighted by Gasteiger charge is -2.30. The molecule has 1 saturated heterocycles. The molecular weight excluding hydrogens is 328 g/mol. The fourth-order valence-electron chi connectivity index (χ4n) is 2.89. The summed E-state index contributed by atoms with van der Waals surface area (Å²) in [5.41, 5.74) is 0.311. The van der Waals surface area contributed by atoms with Crippen molar-refractivity contribution in [2.45, 2.75) is 43.5 Å². The molecule has 1 aromatic carbocycles. The number of sulfonamides is 1. The van der Waals surface area contributed by atoms with Gasteiger partial charge in [-0.25, -0.2) is 13.1 Å². The Morgan fingerprint density at radius 1 is 1.21 bits per heavy atom. The lowest BCUT2D eigenvalue weighted by atomic mass is 9.98. The predicted octanol–water partition coefficient (Wildman–Crippen LogP) is 2.01. The van der Waals surface area contributed by atoms with Crippen LogP contribution in [-0.2, 0) is 10.0 Å². The topological polar surface area (TPSA) is 75.7 Å². The zero-order valence-electron chi connectivity index (χ0n) is 14.1. The number of piperidine rings is 1. The van der Waals surface area contributed by atoms with E-state index in [1.807, 2.05) is 0 Å². The molecule has 0 spiro atoms. The molecule has 0 unspecified atom stereocenters. The highest BCUT2D eigenvalue weighted by Gasteiger charge is 2.30. The molecule has 1 heterocycles. The number of rotatable bonds is 5. The summed E-state index contributed by atoms with van der Waals surface area (Å²) in [5, 5.41) is 0. The van der Waals surface area contributed by atoms with Gasteiger partial charge in [0.2, 0.25) is 10.0 Å². The number of hydrogen-bond donors (Lipinski definition) is 1. The number of hydrogen-bond acceptors (Lipinski definition) is 4. The van der Waals surface area contributed by atoms with E-state index in [0.717, 1.165) is 25.7 Å². The van der Waals surface area contributed by atoms with Crippen molar-refractivity contribution in [1.29, 1.82) is 0 Å². The molecule has 1 saturated carbocycles. The van der Waals surface area contributed by atoms with Gasteiger partial charge in [0.05, 0.1) is 17.6 Å². The summed E-state index contributed by atoms with van der Waals surface area (Å²) in [6, 6.07) is 4.50. The Bertz CT molecular complexity index is 720. The van der Waals surface area contributed by atoms with Crippen LogP contribution in [0.5, 0.6) is 5.75 Å². The minimum atomic E-state index is -3.59. The molecule has 3 rings (SSSR count). The Morgan fingerprint density at radius 2 is 1.88 bits per heavy atom. The van der Waals surface area contributed by atoms with E-state index in [1.165, 1.54) is 19.2 Å². The Kier molecular flexibility index (Phi) is 4.83. The second-order valence-corrected chi connectivity index (χ2v) is 8.45. The first-order chi connectivity index (χ1) is 11.4. The molecule has 1 N–H and O–H groups in total. The maximum atomic E-state index is 12.8. The highest BCUT2D eigenvalue weighted by Crippen LogP contribution is 2.28. The molecule has 0 atom stereocenters. The summed E-state index contributed by atoms with van der Waals surface area (Å²) in [5.74, 6) is 0.858. The van der Waals surface area contributed by atoms with Crippen LogP contribution in [0, 0.1) is 5.92 Å². The number of carbonyl (C=O) groups is 1. The van der Waals surface area contributed by atoms with Crippen LogP contribution in [0.3, 0.4) is 0 Å². The Balaban J connectivity index is 1.87. The van der Waals surface area contributed by atoms with Crippen molar-refractivity contribution in [2.75, 3.05) is 20.2 Å². The van der Waals surface area contributed by atoms with Gasteiger partial charge in [0.1, 0.15) is 5.75 Å². The van der Waals surface area contributed by atoms with Crippen LogP contribution in [0.4, 0.5) is 0 Å². The molecule has 0 radical (unpaired) electrons. The van der Waals surface area contributed by atoms with E-state index >= 15 is 0 Å². The first-order valence-electron chi connectivity index (χ1n) is 8.40. The quantitative estimate of drug-likeness (QED) is 0.879. The normalized spacial score (nSPS) is 19.3. The van der Waals surface area contributed by atoms with Gasteiger partial charge >= 0.3 is 0 Å². The third-order valence-corrected chi connectivity index (χ3v) is 6.20. The average molecular weight is 352 g/mol. The third kappa shape index (κ3) is 3.72. The van der Waals surface area contributed by atoms with Gasteiger partial charge in [0, 0.05) is 19.1 Å². The summed E-state index contributed by atoms with van der Waals surface area (Å²) in [6.45, 7) is 3.57. The first-order valence-corrected chi connectivity index (χ1v) is 9.88. The van der Waals surface area contributed by atoms with Crippen LogP contribution in [0.2, 0.25) is 0 Å². The number of carbonyl (C=O) groups excluding carboxylic acids is 1. The van der Waals surface area contributed by atoms with Gasteiger partial charge in [-0.15, -0.1) is 0 Å². The predicted molar refractivity (Wildman–Crippen MR) is 90.6 cm³/mol. The molecule has 132 valence electrons. The number of nitrogens with one attached hydrogen (secondary N) is 1. The molecule has 1 aromatic rings. The Morgan fingerprint density at radius 3 is 2.46 bits per heavy atom. The lowest BCUT2D eigenvalue weighted by molar-refractivity contribution is 0.0693. The van der Waals surface area contributed by atoms with Gasteiger partial charge in [-0.05, 0) is 49.8 Å². The molecule has 2 fully saturated rings.